The van der Waals surface area contributed by atoms with Crippen LogP contribution in [0.25, 0.3) is 44.2 Å². The Kier molecular flexibility index (Phi) is 6.47. The maximum atomic E-state index is 4.17. The summed E-state index contributed by atoms with van der Waals surface area (Å²) in [6.45, 7) is 14.7. The van der Waals surface area contributed by atoms with Gasteiger partial charge in [0.1, 0.15) is 0 Å². The van der Waals surface area contributed by atoms with Gasteiger partial charge in [0.25, 0.3) is 0 Å². The van der Waals surface area contributed by atoms with Gasteiger partial charge in [-0.05, 0) is 113 Å². The van der Waals surface area contributed by atoms with Gasteiger partial charge in [-0.3, -0.25) is 0 Å². The first-order valence-corrected chi connectivity index (χ1v) is 18.7. The Morgan fingerprint density at radius 2 is 1.55 bits per heavy atom. The van der Waals surface area contributed by atoms with Gasteiger partial charge in [-0.15, -0.1) is 0 Å². The molecule has 1 aromatic heterocycles. The van der Waals surface area contributed by atoms with E-state index in [4.69, 9.17) is 0 Å². The number of fused-ring (bicyclic) bond motifs is 6. The van der Waals surface area contributed by atoms with Crippen LogP contribution in [-0.2, 0) is 10.8 Å². The van der Waals surface area contributed by atoms with E-state index in [0.717, 1.165) is 32.2 Å². The lowest BCUT2D eigenvalue weighted by molar-refractivity contribution is 0.599. The molecule has 2 aliphatic heterocycles. The number of allylic oxidation sites excluding steroid dienone is 12. The summed E-state index contributed by atoms with van der Waals surface area (Å²) in [4.78, 5) is 2.62. The van der Waals surface area contributed by atoms with Crippen molar-refractivity contribution in [2.24, 2.45) is 0 Å². The highest BCUT2D eigenvalue weighted by atomic mass is 15.2. The van der Waals surface area contributed by atoms with Crippen molar-refractivity contribution in [2.45, 2.75) is 64.2 Å². The van der Waals surface area contributed by atoms with E-state index in [2.05, 4.69) is 159 Å². The Morgan fingerprint density at radius 1 is 0.745 bits per heavy atom. The SMILES string of the molecule is C=C/C=C(\C=C1/CN2C3=C(C=CCC3)C(C)(C)c3cccc1c32)c1ccc2c(c1)c1cc3c(cc1n2-c1ccccc1)C(C)(C)C1=C3C=CCC1. The summed E-state index contributed by atoms with van der Waals surface area (Å²) in [7, 11) is 0. The lowest BCUT2D eigenvalue weighted by Crippen LogP contribution is -2.35. The summed E-state index contributed by atoms with van der Waals surface area (Å²) >= 11 is 0. The summed E-state index contributed by atoms with van der Waals surface area (Å²) in [5.74, 6) is 0. The number of anilines is 1. The molecule has 2 nitrogen and oxygen atoms in total. The lowest BCUT2D eigenvalue weighted by Gasteiger charge is -2.42. The second-order valence-electron chi connectivity index (χ2n) is 16.0. The molecule has 0 bridgehead atoms. The largest absolute Gasteiger partial charge is 0.340 e. The molecule has 4 aromatic carbocycles. The number of benzene rings is 4. The van der Waals surface area contributed by atoms with Crippen molar-refractivity contribution in [3.05, 3.63) is 173 Å². The third kappa shape index (κ3) is 4.23. The zero-order valence-corrected chi connectivity index (χ0v) is 30.2. The van der Waals surface area contributed by atoms with E-state index in [1.54, 1.807) is 5.57 Å². The first kappa shape index (κ1) is 30.5. The van der Waals surface area contributed by atoms with Crippen LogP contribution in [0.2, 0.25) is 0 Å². The van der Waals surface area contributed by atoms with E-state index in [-0.39, 0.29) is 10.8 Å². The molecule has 0 spiro atoms. The fraction of sp³-hybridized carbons (Fsp3) is 0.224. The number of rotatable bonds is 4. The molecular weight excluding hydrogens is 617 g/mol. The van der Waals surface area contributed by atoms with Gasteiger partial charge >= 0.3 is 0 Å². The van der Waals surface area contributed by atoms with Crippen molar-refractivity contribution in [1.29, 1.82) is 0 Å². The molecular formula is C49H44N2. The molecule has 3 aliphatic carbocycles. The summed E-state index contributed by atoms with van der Waals surface area (Å²) in [6, 6.07) is 29.9. The van der Waals surface area contributed by atoms with Crippen LogP contribution in [0.15, 0.2) is 145 Å². The van der Waals surface area contributed by atoms with Crippen molar-refractivity contribution >= 4 is 44.2 Å². The number of hydrogen-bond acceptors (Lipinski definition) is 1. The van der Waals surface area contributed by atoms with Crippen LogP contribution in [0.4, 0.5) is 5.69 Å². The Morgan fingerprint density at radius 3 is 2.39 bits per heavy atom. The zero-order valence-electron chi connectivity index (χ0n) is 30.2. The number of nitrogens with zero attached hydrogens (tertiary/aromatic N) is 2. The third-order valence-corrected chi connectivity index (χ3v) is 12.6. The topological polar surface area (TPSA) is 8.17 Å². The maximum absolute atomic E-state index is 4.17. The minimum Gasteiger partial charge on any atom is -0.340 e. The first-order chi connectivity index (χ1) is 24.8. The molecule has 0 radical (unpaired) electrons. The van der Waals surface area contributed by atoms with Crippen LogP contribution in [0.1, 0.15) is 81.2 Å². The number of hydrogen-bond donors (Lipinski definition) is 0. The van der Waals surface area contributed by atoms with Gasteiger partial charge in [0.2, 0.25) is 0 Å². The van der Waals surface area contributed by atoms with Gasteiger partial charge in [0.15, 0.2) is 0 Å². The highest BCUT2D eigenvalue weighted by molar-refractivity contribution is 6.12. The van der Waals surface area contributed by atoms with Crippen LogP contribution in [0, 0.1) is 0 Å². The molecule has 250 valence electrons. The van der Waals surface area contributed by atoms with Crippen LogP contribution in [0.5, 0.6) is 0 Å². The summed E-state index contributed by atoms with van der Waals surface area (Å²) in [5, 5.41) is 2.59. The maximum Gasteiger partial charge on any atom is 0.0544 e. The van der Waals surface area contributed by atoms with Gasteiger partial charge < -0.3 is 9.47 Å². The Labute approximate surface area is 301 Å². The van der Waals surface area contributed by atoms with E-state index in [1.807, 2.05) is 6.08 Å². The van der Waals surface area contributed by atoms with Gasteiger partial charge in [0.05, 0.1) is 16.7 Å². The van der Waals surface area contributed by atoms with Crippen molar-refractivity contribution in [3.63, 3.8) is 0 Å². The van der Waals surface area contributed by atoms with E-state index in [0.29, 0.717) is 0 Å². The van der Waals surface area contributed by atoms with E-state index < -0.39 is 0 Å². The predicted octanol–water partition coefficient (Wildman–Crippen LogP) is 12.5. The second-order valence-corrected chi connectivity index (χ2v) is 16.0. The molecule has 51 heavy (non-hydrogen) atoms. The van der Waals surface area contributed by atoms with Gasteiger partial charge in [-0.1, -0.05) is 119 Å². The Balaban J connectivity index is 1.16. The third-order valence-electron chi connectivity index (χ3n) is 12.6. The molecule has 0 saturated heterocycles. The molecule has 10 rings (SSSR count). The molecule has 5 aromatic rings. The quantitative estimate of drug-likeness (QED) is 0.174. The normalized spacial score (nSPS) is 20.4. The monoisotopic (exact) mass is 660 g/mol. The molecule has 0 fully saturated rings. The highest BCUT2D eigenvalue weighted by Crippen LogP contribution is 2.55. The molecule has 3 heterocycles. The molecule has 0 atom stereocenters. The van der Waals surface area contributed by atoms with Crippen molar-refractivity contribution in [3.8, 4) is 5.69 Å². The smallest absolute Gasteiger partial charge is 0.0544 e. The summed E-state index contributed by atoms with van der Waals surface area (Å²) in [6.07, 6.45) is 20.5. The molecule has 2 heteroatoms. The first-order valence-electron chi connectivity index (χ1n) is 18.7. The molecule has 0 unspecified atom stereocenters. The van der Waals surface area contributed by atoms with Crippen LogP contribution < -0.4 is 4.90 Å². The molecule has 0 amide bonds. The van der Waals surface area contributed by atoms with E-state index >= 15 is 0 Å². The number of aromatic nitrogens is 1. The van der Waals surface area contributed by atoms with Crippen molar-refractivity contribution in [2.75, 3.05) is 11.4 Å². The fourth-order valence-electron chi connectivity index (χ4n) is 10.0. The Hall–Kier alpha value is -5.34. The lowest BCUT2D eigenvalue weighted by atomic mass is 9.71. The summed E-state index contributed by atoms with van der Waals surface area (Å²) < 4.78 is 2.47. The standard InChI is InChI=1S/C49H44N2/c1-6-15-31(26-33-30-50-45-23-13-12-21-41(45)49(4,5)42-22-14-19-35(33)47(42)50)32-24-25-44-38(27-32)39-28-37-36-18-10-11-20-40(36)48(2,3)43(37)29-46(39)51(44)34-16-8-7-9-17-34/h6-10,12,14-19,21-22,24-29H,1,11,13,20,23,30H2,2-5H3/b31-15+,33-26+. The minimum absolute atomic E-state index is 0.0129. The predicted molar refractivity (Wildman–Crippen MR) is 217 cm³/mol. The molecule has 0 saturated carbocycles. The van der Waals surface area contributed by atoms with Crippen molar-refractivity contribution in [1.82, 2.24) is 4.57 Å². The number of para-hydroxylation sites is 2. The average molecular weight is 661 g/mol. The minimum atomic E-state index is -0.0129. The summed E-state index contributed by atoms with van der Waals surface area (Å²) in [5.41, 5.74) is 20.5. The van der Waals surface area contributed by atoms with Gasteiger partial charge in [-0.2, -0.15) is 0 Å². The van der Waals surface area contributed by atoms with Gasteiger partial charge in [0, 0.05) is 45.1 Å². The average Bonchev–Trinajstić information content (AvgIpc) is 3.76. The Bertz CT molecular complexity index is 2550. The van der Waals surface area contributed by atoms with Crippen LogP contribution >= 0.6 is 0 Å². The van der Waals surface area contributed by atoms with Crippen LogP contribution in [0.3, 0.4) is 0 Å². The van der Waals surface area contributed by atoms with E-state index in [1.165, 1.54) is 89.0 Å². The van der Waals surface area contributed by atoms with Gasteiger partial charge in [-0.25, -0.2) is 0 Å². The van der Waals surface area contributed by atoms with Crippen LogP contribution in [-0.4, -0.2) is 11.1 Å². The van der Waals surface area contributed by atoms with E-state index in [9.17, 15) is 0 Å². The molecule has 5 aliphatic rings. The second kappa shape index (κ2) is 10.8. The zero-order chi connectivity index (χ0) is 34.6. The highest BCUT2D eigenvalue weighted by Gasteiger charge is 2.42. The fourth-order valence-corrected chi connectivity index (χ4v) is 10.0. The van der Waals surface area contributed by atoms with Crippen molar-refractivity contribution < 1.29 is 0 Å². The molecule has 0 N–H and O–H groups in total.